The van der Waals surface area contributed by atoms with Crippen LogP contribution in [-0.2, 0) is 0 Å². The number of halogens is 1. The highest BCUT2D eigenvalue weighted by molar-refractivity contribution is 6.29. The maximum Gasteiger partial charge on any atom is 0.134 e. The molecule has 1 aromatic rings. The maximum absolute atomic E-state index is 9.86. The summed E-state index contributed by atoms with van der Waals surface area (Å²) >= 11 is 5.94. The van der Waals surface area contributed by atoms with E-state index in [1.165, 1.54) is 0 Å². The van der Waals surface area contributed by atoms with Crippen molar-refractivity contribution in [1.29, 1.82) is 0 Å². The first-order valence-electron chi connectivity index (χ1n) is 6.04. The summed E-state index contributed by atoms with van der Waals surface area (Å²) in [6.45, 7) is 5.61. The zero-order valence-corrected chi connectivity index (χ0v) is 11.0. The fourth-order valence-corrected chi connectivity index (χ4v) is 2.53. The lowest BCUT2D eigenvalue weighted by molar-refractivity contribution is 0.0858. The lowest BCUT2D eigenvalue weighted by atomic mass is 9.92. The monoisotopic (exact) mass is 255 g/mol. The van der Waals surface area contributed by atoms with E-state index in [2.05, 4.69) is 21.8 Å². The standard InChI is InChI=1S/C12H18ClN3O/c1-3-9-7-16(5-4-10(9)17)12-6-11(13)14-8(2)15-12/h6,9-10,17H,3-5,7H2,1-2H3/t9-,10+/m0/s1. The second-order valence-electron chi connectivity index (χ2n) is 4.57. The minimum atomic E-state index is -0.186. The first kappa shape index (κ1) is 12.6. The van der Waals surface area contributed by atoms with Gasteiger partial charge in [-0.1, -0.05) is 18.5 Å². The molecule has 0 radical (unpaired) electrons. The second-order valence-corrected chi connectivity index (χ2v) is 4.95. The van der Waals surface area contributed by atoms with Crippen molar-refractivity contribution in [2.45, 2.75) is 32.8 Å². The first-order chi connectivity index (χ1) is 8.10. The van der Waals surface area contributed by atoms with E-state index in [1.807, 2.05) is 6.92 Å². The van der Waals surface area contributed by atoms with Crippen molar-refractivity contribution in [1.82, 2.24) is 9.97 Å². The molecule has 94 valence electrons. The minimum Gasteiger partial charge on any atom is -0.393 e. The fraction of sp³-hybridized carbons (Fsp3) is 0.667. The Bertz CT molecular complexity index is 379. The molecule has 0 bridgehead atoms. The molecule has 5 heteroatoms. The third kappa shape index (κ3) is 2.87. The number of hydrogen-bond acceptors (Lipinski definition) is 4. The van der Waals surface area contributed by atoms with Gasteiger partial charge in [0, 0.05) is 25.1 Å². The second kappa shape index (κ2) is 5.19. The van der Waals surface area contributed by atoms with Gasteiger partial charge in [0.25, 0.3) is 0 Å². The van der Waals surface area contributed by atoms with Crippen LogP contribution in [0.5, 0.6) is 0 Å². The number of hydrogen-bond donors (Lipinski definition) is 1. The lowest BCUT2D eigenvalue weighted by Gasteiger charge is -2.36. The SMILES string of the molecule is CC[C@H]1CN(c2cc(Cl)nc(C)n2)CC[C@H]1O. The van der Waals surface area contributed by atoms with E-state index in [9.17, 15) is 5.11 Å². The van der Waals surface area contributed by atoms with Gasteiger partial charge in [0.05, 0.1) is 6.10 Å². The highest BCUT2D eigenvalue weighted by Gasteiger charge is 2.27. The molecule has 17 heavy (non-hydrogen) atoms. The number of aromatic nitrogens is 2. The van der Waals surface area contributed by atoms with Gasteiger partial charge in [-0.2, -0.15) is 0 Å². The normalized spacial score (nSPS) is 25.1. The summed E-state index contributed by atoms with van der Waals surface area (Å²) in [5.74, 6) is 1.87. The highest BCUT2D eigenvalue weighted by Crippen LogP contribution is 2.25. The number of anilines is 1. The quantitative estimate of drug-likeness (QED) is 0.822. The van der Waals surface area contributed by atoms with Gasteiger partial charge in [-0.25, -0.2) is 9.97 Å². The number of aliphatic hydroxyl groups excluding tert-OH is 1. The van der Waals surface area contributed by atoms with Crippen LogP contribution in [0.25, 0.3) is 0 Å². The van der Waals surface area contributed by atoms with Crippen LogP contribution in [0.1, 0.15) is 25.6 Å². The van der Waals surface area contributed by atoms with E-state index in [0.29, 0.717) is 16.9 Å². The van der Waals surface area contributed by atoms with Gasteiger partial charge >= 0.3 is 0 Å². The zero-order chi connectivity index (χ0) is 12.4. The van der Waals surface area contributed by atoms with Crippen molar-refractivity contribution in [2.75, 3.05) is 18.0 Å². The predicted octanol–water partition coefficient (Wildman–Crippen LogP) is 2.04. The van der Waals surface area contributed by atoms with Crippen LogP contribution >= 0.6 is 11.6 Å². The average molecular weight is 256 g/mol. The Hall–Kier alpha value is -0.870. The first-order valence-corrected chi connectivity index (χ1v) is 6.42. The molecular formula is C12H18ClN3O. The zero-order valence-electron chi connectivity index (χ0n) is 10.2. The molecular weight excluding hydrogens is 238 g/mol. The lowest BCUT2D eigenvalue weighted by Crippen LogP contribution is -2.43. The van der Waals surface area contributed by atoms with E-state index in [0.717, 1.165) is 31.7 Å². The molecule has 1 aliphatic rings. The van der Waals surface area contributed by atoms with Gasteiger partial charge in [0.1, 0.15) is 16.8 Å². The molecule has 2 heterocycles. The van der Waals surface area contributed by atoms with Crippen molar-refractivity contribution >= 4 is 17.4 Å². The molecule has 1 saturated heterocycles. The van der Waals surface area contributed by atoms with Crippen molar-refractivity contribution in [3.05, 3.63) is 17.0 Å². The molecule has 2 atom stereocenters. The van der Waals surface area contributed by atoms with E-state index < -0.39 is 0 Å². The fourth-order valence-electron chi connectivity index (χ4n) is 2.31. The molecule has 1 N–H and O–H groups in total. The number of piperidine rings is 1. The van der Waals surface area contributed by atoms with Gasteiger partial charge in [0.2, 0.25) is 0 Å². The Labute approximate surface area is 107 Å². The van der Waals surface area contributed by atoms with Crippen LogP contribution < -0.4 is 4.90 Å². The summed E-state index contributed by atoms with van der Waals surface area (Å²) in [7, 11) is 0. The van der Waals surface area contributed by atoms with Gasteiger partial charge in [-0.15, -0.1) is 0 Å². The predicted molar refractivity (Wildman–Crippen MR) is 68.4 cm³/mol. The topological polar surface area (TPSA) is 49.2 Å². The molecule has 0 saturated carbocycles. The third-order valence-corrected chi connectivity index (χ3v) is 3.53. The molecule has 0 aromatic carbocycles. The largest absolute Gasteiger partial charge is 0.393 e. The van der Waals surface area contributed by atoms with Crippen LogP contribution in [-0.4, -0.2) is 34.3 Å². The molecule has 1 aliphatic heterocycles. The maximum atomic E-state index is 9.86. The molecule has 0 spiro atoms. The van der Waals surface area contributed by atoms with Gasteiger partial charge in [-0.3, -0.25) is 0 Å². The molecule has 0 unspecified atom stereocenters. The molecule has 4 nitrogen and oxygen atoms in total. The molecule has 2 rings (SSSR count). The Kier molecular flexibility index (Phi) is 3.84. The van der Waals surface area contributed by atoms with Gasteiger partial charge in [0.15, 0.2) is 0 Å². The van der Waals surface area contributed by atoms with Gasteiger partial charge in [-0.05, 0) is 19.8 Å². The van der Waals surface area contributed by atoms with Crippen molar-refractivity contribution in [3.63, 3.8) is 0 Å². The number of rotatable bonds is 2. The summed E-state index contributed by atoms with van der Waals surface area (Å²) in [4.78, 5) is 10.6. The molecule has 0 amide bonds. The van der Waals surface area contributed by atoms with Crippen LogP contribution in [0.4, 0.5) is 5.82 Å². The Morgan fingerprint density at radius 3 is 2.94 bits per heavy atom. The molecule has 0 aliphatic carbocycles. The average Bonchev–Trinajstić information content (AvgIpc) is 2.28. The number of nitrogens with zero attached hydrogens (tertiary/aromatic N) is 3. The Morgan fingerprint density at radius 1 is 1.53 bits per heavy atom. The number of aliphatic hydroxyl groups is 1. The van der Waals surface area contributed by atoms with E-state index in [-0.39, 0.29) is 6.10 Å². The van der Waals surface area contributed by atoms with Crippen LogP contribution in [0.2, 0.25) is 5.15 Å². The van der Waals surface area contributed by atoms with Gasteiger partial charge < -0.3 is 10.0 Å². The van der Waals surface area contributed by atoms with Crippen LogP contribution in [0, 0.1) is 12.8 Å². The summed E-state index contributed by atoms with van der Waals surface area (Å²) in [5.41, 5.74) is 0. The molecule has 1 fully saturated rings. The third-order valence-electron chi connectivity index (χ3n) is 3.34. The van der Waals surface area contributed by atoms with E-state index >= 15 is 0 Å². The summed E-state index contributed by atoms with van der Waals surface area (Å²) in [6, 6.07) is 1.79. The van der Waals surface area contributed by atoms with Crippen LogP contribution in [0.3, 0.4) is 0 Å². The molecule has 1 aromatic heterocycles. The van der Waals surface area contributed by atoms with Crippen molar-refractivity contribution in [3.8, 4) is 0 Å². The van der Waals surface area contributed by atoms with E-state index in [1.54, 1.807) is 6.07 Å². The smallest absolute Gasteiger partial charge is 0.134 e. The minimum absolute atomic E-state index is 0.186. The Balaban J connectivity index is 2.17. The van der Waals surface area contributed by atoms with Crippen molar-refractivity contribution in [2.24, 2.45) is 5.92 Å². The van der Waals surface area contributed by atoms with Crippen LogP contribution in [0.15, 0.2) is 6.07 Å². The highest BCUT2D eigenvalue weighted by atomic mass is 35.5. The number of aryl methyl sites for hydroxylation is 1. The van der Waals surface area contributed by atoms with Crippen molar-refractivity contribution < 1.29 is 5.11 Å². The Morgan fingerprint density at radius 2 is 2.29 bits per heavy atom. The summed E-state index contributed by atoms with van der Waals surface area (Å²) in [5, 5.41) is 10.3. The van der Waals surface area contributed by atoms with E-state index in [4.69, 9.17) is 11.6 Å². The summed E-state index contributed by atoms with van der Waals surface area (Å²) in [6.07, 6.45) is 1.59. The summed E-state index contributed by atoms with van der Waals surface area (Å²) < 4.78 is 0.